The number of ether oxygens (including phenoxy) is 2. The number of carboxylic acid groups (broad SMARTS) is 1. The molecule has 0 radical (unpaired) electrons. The van der Waals surface area contributed by atoms with Gasteiger partial charge in [0.1, 0.15) is 0 Å². The van der Waals surface area contributed by atoms with Gasteiger partial charge in [-0.25, -0.2) is 4.79 Å². The molecule has 1 N–H and O–H groups in total. The monoisotopic (exact) mass is 677 g/mol. The van der Waals surface area contributed by atoms with Gasteiger partial charge in [-0.2, -0.15) is 15.0 Å². The summed E-state index contributed by atoms with van der Waals surface area (Å²) in [6.45, 7) is 20.0. The van der Waals surface area contributed by atoms with Crippen LogP contribution in [0, 0.1) is 19.3 Å². The van der Waals surface area contributed by atoms with Crippen LogP contribution in [0.2, 0.25) is 5.28 Å². The smallest absolute Gasteiger partial charge is 0.337 e. The molecule has 6 rings (SSSR count). The van der Waals surface area contributed by atoms with E-state index in [9.17, 15) is 9.90 Å². The Balaban J connectivity index is 1.38. The van der Waals surface area contributed by atoms with Crippen LogP contribution in [0.4, 0.5) is 17.6 Å². The number of piperidine rings is 1. The molecule has 3 aliphatic heterocycles. The lowest BCUT2D eigenvalue weighted by atomic mass is 9.81. The van der Waals surface area contributed by atoms with Gasteiger partial charge >= 0.3 is 5.97 Å². The van der Waals surface area contributed by atoms with Gasteiger partial charge in [0, 0.05) is 61.8 Å². The number of nitrogens with zero attached hydrogens (tertiary/aromatic N) is 7. The minimum absolute atomic E-state index is 0.185. The number of pyridine rings is 1. The summed E-state index contributed by atoms with van der Waals surface area (Å²) in [7, 11) is 0. The topological polar surface area (TPSA) is 117 Å². The van der Waals surface area contributed by atoms with E-state index in [2.05, 4.69) is 56.7 Å². The number of anilines is 3. The quantitative estimate of drug-likeness (QED) is 0.309. The second-order valence-corrected chi connectivity index (χ2v) is 15.3. The van der Waals surface area contributed by atoms with Crippen LogP contribution >= 0.6 is 11.6 Å². The van der Waals surface area contributed by atoms with Crippen molar-refractivity contribution in [2.45, 2.75) is 86.0 Å². The Kier molecular flexibility index (Phi) is 9.58. The van der Waals surface area contributed by atoms with Crippen molar-refractivity contribution in [1.82, 2.24) is 19.9 Å². The highest BCUT2D eigenvalue weighted by molar-refractivity contribution is 6.28. The van der Waals surface area contributed by atoms with Gasteiger partial charge in [-0.15, -0.1) is 0 Å². The molecule has 5 heterocycles. The molecule has 48 heavy (non-hydrogen) atoms. The Morgan fingerprint density at radius 1 is 0.917 bits per heavy atom. The van der Waals surface area contributed by atoms with Crippen molar-refractivity contribution in [3.8, 4) is 11.1 Å². The number of morpholine rings is 1. The molecule has 0 bridgehead atoms. The van der Waals surface area contributed by atoms with Crippen molar-refractivity contribution in [1.29, 1.82) is 0 Å². The zero-order valence-corrected chi connectivity index (χ0v) is 30.0. The van der Waals surface area contributed by atoms with E-state index in [1.807, 2.05) is 34.6 Å². The number of rotatable bonds is 7. The number of carbonyl (C=O) groups is 1. The fraction of sp³-hybridized carbons (Fsp3) is 0.583. The molecular formula is C36H48ClN7O4. The van der Waals surface area contributed by atoms with Gasteiger partial charge in [-0.05, 0) is 87.6 Å². The van der Waals surface area contributed by atoms with Crippen LogP contribution in [0.15, 0.2) is 18.2 Å². The molecular weight excluding hydrogens is 630 g/mol. The summed E-state index contributed by atoms with van der Waals surface area (Å²) in [5, 5.41) is 10.7. The summed E-state index contributed by atoms with van der Waals surface area (Å²) in [4.78, 5) is 38.1. The van der Waals surface area contributed by atoms with Gasteiger partial charge in [0.25, 0.3) is 0 Å². The fourth-order valence-corrected chi connectivity index (χ4v) is 7.16. The Hall–Kier alpha value is -3.54. The first-order valence-corrected chi connectivity index (χ1v) is 17.3. The number of hydrogen-bond donors (Lipinski definition) is 1. The minimum atomic E-state index is -1.15. The number of carboxylic acids is 1. The molecule has 12 heteroatoms. The highest BCUT2D eigenvalue weighted by atomic mass is 35.5. The van der Waals surface area contributed by atoms with Crippen molar-refractivity contribution in [2.24, 2.45) is 5.41 Å². The highest BCUT2D eigenvalue weighted by Crippen LogP contribution is 2.45. The lowest BCUT2D eigenvalue weighted by Crippen LogP contribution is -2.39. The van der Waals surface area contributed by atoms with E-state index >= 15 is 0 Å². The van der Waals surface area contributed by atoms with Crippen LogP contribution in [-0.4, -0.2) is 82.6 Å². The first-order valence-electron chi connectivity index (χ1n) is 17.0. The molecule has 2 saturated heterocycles. The van der Waals surface area contributed by atoms with Crippen LogP contribution in [0.3, 0.4) is 0 Å². The zero-order valence-electron chi connectivity index (χ0n) is 29.3. The maximum absolute atomic E-state index is 12.9. The predicted molar refractivity (Wildman–Crippen MR) is 188 cm³/mol. The standard InChI is InChI=1S/C36H48ClN7O4/c1-22-27(29(42-14-11-36(6,7)12-15-42)28(23(2)38-22)30(31(45)46)48-35(3,4)5)25-8-9-26-21-44(13-10-24(26)20-25)34-40-32(37)39-33(41-34)43-16-18-47-19-17-43/h8-9,20,30H,10-19,21H2,1-7H3,(H,45,46)/t30-/m0/s1. The minimum Gasteiger partial charge on any atom is -0.479 e. The second-order valence-electron chi connectivity index (χ2n) is 15.0. The van der Waals surface area contributed by atoms with E-state index in [4.69, 9.17) is 31.0 Å². The third kappa shape index (κ3) is 7.38. The van der Waals surface area contributed by atoms with Gasteiger partial charge in [0.15, 0.2) is 6.10 Å². The summed E-state index contributed by atoms with van der Waals surface area (Å²) in [5.74, 6) is 0.142. The summed E-state index contributed by atoms with van der Waals surface area (Å²) < 4.78 is 11.8. The molecule has 1 atom stereocenters. The van der Waals surface area contributed by atoms with Crippen LogP contribution in [-0.2, 0) is 27.2 Å². The normalized spacial score (nSPS) is 18.9. The number of benzene rings is 1. The van der Waals surface area contributed by atoms with Crippen LogP contribution in [0.5, 0.6) is 0 Å². The summed E-state index contributed by atoms with van der Waals surface area (Å²) in [5.41, 5.74) is 7.14. The van der Waals surface area contributed by atoms with Crippen LogP contribution in [0.25, 0.3) is 11.1 Å². The highest BCUT2D eigenvalue weighted by Gasteiger charge is 2.37. The number of fused-ring (bicyclic) bond motifs is 1. The molecule has 3 aromatic rings. The number of aryl methyl sites for hydroxylation is 2. The molecule has 0 amide bonds. The Labute approximate surface area is 288 Å². The molecule has 11 nitrogen and oxygen atoms in total. The first-order chi connectivity index (χ1) is 22.7. The van der Waals surface area contributed by atoms with Crippen molar-refractivity contribution in [3.05, 3.63) is 51.6 Å². The summed E-state index contributed by atoms with van der Waals surface area (Å²) in [6.07, 6.45) is 1.67. The molecule has 0 spiro atoms. The van der Waals surface area contributed by atoms with Crippen LogP contribution in [0.1, 0.15) is 81.6 Å². The maximum Gasteiger partial charge on any atom is 0.337 e. The third-order valence-electron chi connectivity index (χ3n) is 9.64. The van der Waals surface area contributed by atoms with Crippen LogP contribution < -0.4 is 14.7 Å². The van der Waals surface area contributed by atoms with Gasteiger partial charge in [-0.3, -0.25) is 4.98 Å². The second kappa shape index (κ2) is 13.4. The van der Waals surface area contributed by atoms with Crippen molar-refractivity contribution in [3.63, 3.8) is 0 Å². The van der Waals surface area contributed by atoms with Gasteiger partial charge in [0.2, 0.25) is 17.2 Å². The Morgan fingerprint density at radius 3 is 2.23 bits per heavy atom. The summed E-state index contributed by atoms with van der Waals surface area (Å²) in [6, 6.07) is 6.57. The maximum atomic E-state index is 12.9. The molecule has 0 aliphatic carbocycles. The van der Waals surface area contributed by atoms with E-state index < -0.39 is 17.7 Å². The number of hydrogen-bond acceptors (Lipinski definition) is 10. The number of halogens is 1. The largest absolute Gasteiger partial charge is 0.479 e. The van der Waals surface area contributed by atoms with Crippen molar-refractivity contribution < 1.29 is 19.4 Å². The SMILES string of the molecule is Cc1nc(C)c([C@H](OC(C)(C)C)C(=O)O)c(N2CCC(C)(C)CC2)c1-c1ccc2c(c1)CCN(c1nc(Cl)nc(N3CCOCC3)n1)C2. The fourth-order valence-electron chi connectivity index (χ4n) is 7.01. The Morgan fingerprint density at radius 2 is 1.58 bits per heavy atom. The molecule has 0 unspecified atom stereocenters. The molecule has 1 aromatic carbocycles. The molecule has 258 valence electrons. The van der Waals surface area contributed by atoms with E-state index in [1.54, 1.807) is 0 Å². The Bertz CT molecular complexity index is 1680. The molecule has 3 aliphatic rings. The van der Waals surface area contributed by atoms with Gasteiger partial charge < -0.3 is 29.3 Å². The van der Waals surface area contributed by atoms with E-state index in [1.165, 1.54) is 11.1 Å². The average Bonchev–Trinajstić information content (AvgIpc) is 3.03. The van der Waals surface area contributed by atoms with E-state index in [0.29, 0.717) is 56.0 Å². The van der Waals surface area contributed by atoms with Gasteiger partial charge in [-0.1, -0.05) is 32.0 Å². The number of aliphatic carboxylic acids is 1. The van der Waals surface area contributed by atoms with Gasteiger partial charge in [0.05, 0.1) is 24.5 Å². The first kappa shape index (κ1) is 34.3. The molecule has 2 fully saturated rings. The third-order valence-corrected chi connectivity index (χ3v) is 9.81. The summed E-state index contributed by atoms with van der Waals surface area (Å²) >= 11 is 6.39. The average molecular weight is 678 g/mol. The van der Waals surface area contributed by atoms with Crippen molar-refractivity contribution in [2.75, 3.05) is 60.6 Å². The van der Waals surface area contributed by atoms with E-state index in [0.717, 1.165) is 61.4 Å². The lowest BCUT2D eigenvalue weighted by molar-refractivity contribution is -0.160. The lowest BCUT2D eigenvalue weighted by Gasteiger charge is -2.41. The van der Waals surface area contributed by atoms with E-state index in [-0.39, 0.29) is 10.7 Å². The zero-order chi connectivity index (χ0) is 34.4. The molecule has 2 aromatic heterocycles. The number of aromatic nitrogens is 4. The molecule has 0 saturated carbocycles. The van der Waals surface area contributed by atoms with Crippen molar-refractivity contribution >= 4 is 35.2 Å². The predicted octanol–water partition coefficient (Wildman–Crippen LogP) is 6.17.